The Hall–Kier alpha value is -3.84. The Balaban J connectivity index is 0.877. The molecule has 0 bridgehead atoms. The zero-order chi connectivity index (χ0) is 35.1. The van der Waals surface area contributed by atoms with Gasteiger partial charge < -0.3 is 19.7 Å². The Bertz CT molecular complexity index is 1730. The van der Waals surface area contributed by atoms with E-state index in [1.54, 1.807) is 0 Å². The van der Waals surface area contributed by atoms with E-state index >= 15 is 0 Å². The Morgan fingerprint density at radius 3 is 1.50 bits per heavy atom. The Morgan fingerprint density at radius 1 is 0.680 bits per heavy atom. The molecule has 10 atom stereocenters. The lowest BCUT2D eigenvalue weighted by Gasteiger charge is -2.52. The lowest BCUT2D eigenvalue weighted by molar-refractivity contribution is -0.131. The fourth-order valence-corrected chi connectivity index (χ4v) is 12.2. The van der Waals surface area contributed by atoms with Gasteiger partial charge in [0.15, 0.2) is 0 Å². The predicted octanol–water partition coefficient (Wildman–Crippen LogP) is 7.19. The quantitative estimate of drug-likeness (QED) is 0.155. The predicted molar refractivity (Wildman–Crippen MR) is 190 cm³/mol. The summed E-state index contributed by atoms with van der Waals surface area (Å²) in [6.45, 7) is 4.38. The number of esters is 2. The van der Waals surface area contributed by atoms with Crippen molar-refractivity contribution in [1.29, 1.82) is 0 Å². The fourth-order valence-electron chi connectivity index (χ4n) is 12.2. The van der Waals surface area contributed by atoms with Crippen LogP contribution >= 0.6 is 0 Å². The lowest BCUT2D eigenvalue weighted by Crippen LogP contribution is -2.50. The molecule has 8 rings (SSSR count). The van der Waals surface area contributed by atoms with Crippen molar-refractivity contribution in [2.75, 3.05) is 0 Å². The average molecular weight is 673 g/mol. The number of rotatable bonds is 4. The third kappa shape index (κ3) is 4.93. The van der Waals surface area contributed by atoms with Crippen LogP contribution in [0.2, 0.25) is 0 Å². The highest BCUT2D eigenvalue weighted by Crippen LogP contribution is 2.65. The summed E-state index contributed by atoms with van der Waals surface area (Å²) in [6, 6.07) is 11.8. The van der Waals surface area contributed by atoms with Crippen molar-refractivity contribution in [3.05, 3.63) is 70.8 Å². The molecule has 260 valence electrons. The minimum absolute atomic E-state index is 0.237. The number of carbonyl (C=O) groups excluding carboxylic acids is 2. The van der Waals surface area contributed by atoms with Crippen LogP contribution in [0.4, 0.5) is 0 Å². The maximum absolute atomic E-state index is 12.7. The van der Waals surface area contributed by atoms with E-state index in [1.807, 2.05) is 24.3 Å². The molecular weight excluding hydrogens is 624 g/mol. The molecule has 50 heavy (non-hydrogen) atoms. The van der Waals surface area contributed by atoms with Gasteiger partial charge in [-0.3, -0.25) is 0 Å². The summed E-state index contributed by atoms with van der Waals surface area (Å²) in [5, 5.41) is 22.4. The van der Waals surface area contributed by atoms with Crippen LogP contribution in [-0.4, -0.2) is 33.4 Å². The van der Waals surface area contributed by atoms with E-state index in [1.165, 1.54) is 22.3 Å². The largest absolute Gasteiger partial charge is 0.423 e. The molecule has 0 aliphatic heterocycles. The summed E-state index contributed by atoms with van der Waals surface area (Å²) in [5.74, 6) is 7.78. The van der Waals surface area contributed by atoms with Crippen LogP contribution < -0.4 is 9.47 Å². The monoisotopic (exact) mass is 672 g/mol. The highest BCUT2D eigenvalue weighted by Gasteiger charge is 2.62. The SMILES string of the molecule is C#C[C@]1(O)CC[C@H]2[C@@H]3CCc4cc(OC(=O)/C=C\C(=O)Oc5ccc6c(c5)CC[C@@H]5[C@@H]6CC[C@@]6(C)[C@H]5CC[C@@]6(O)C#C)ccc4[C@H]3CC[C@@]21C. The number of ether oxygens (including phenoxy) is 2. The topological polar surface area (TPSA) is 93.1 Å². The first kappa shape index (κ1) is 33.3. The number of aliphatic hydroxyl groups is 2. The normalized spacial score (nSPS) is 39.4. The third-order valence-corrected chi connectivity index (χ3v) is 15.0. The van der Waals surface area contributed by atoms with E-state index in [9.17, 15) is 19.8 Å². The molecule has 0 heterocycles. The molecule has 0 radical (unpaired) electrons. The van der Waals surface area contributed by atoms with Crippen molar-refractivity contribution < 1.29 is 29.3 Å². The smallest absolute Gasteiger partial charge is 0.336 e. The Morgan fingerprint density at radius 2 is 1.10 bits per heavy atom. The third-order valence-electron chi connectivity index (χ3n) is 15.0. The maximum Gasteiger partial charge on any atom is 0.336 e. The van der Waals surface area contributed by atoms with Crippen LogP contribution in [0.3, 0.4) is 0 Å². The molecule has 6 aliphatic carbocycles. The zero-order valence-corrected chi connectivity index (χ0v) is 29.3. The molecule has 6 aliphatic rings. The van der Waals surface area contributed by atoms with Gasteiger partial charge in [-0.25, -0.2) is 9.59 Å². The molecule has 4 saturated carbocycles. The van der Waals surface area contributed by atoms with E-state index in [4.69, 9.17) is 22.3 Å². The van der Waals surface area contributed by atoms with Crippen LogP contribution in [0.25, 0.3) is 0 Å². The fraction of sp³-hybridized carbons (Fsp3) is 0.545. The highest BCUT2D eigenvalue weighted by atomic mass is 16.5. The van der Waals surface area contributed by atoms with Crippen molar-refractivity contribution >= 4 is 11.9 Å². The first-order chi connectivity index (χ1) is 23.9. The second-order valence-corrected chi connectivity index (χ2v) is 16.7. The van der Waals surface area contributed by atoms with E-state index in [0.717, 1.165) is 76.4 Å². The number of aryl methyl sites for hydroxylation is 2. The minimum Gasteiger partial charge on any atom is -0.423 e. The molecule has 0 spiro atoms. The van der Waals surface area contributed by atoms with Gasteiger partial charge in [-0.15, -0.1) is 12.8 Å². The molecule has 2 aromatic rings. The van der Waals surface area contributed by atoms with Crippen LogP contribution in [0, 0.1) is 59.2 Å². The number of hydrogen-bond acceptors (Lipinski definition) is 6. The van der Waals surface area contributed by atoms with Crippen LogP contribution in [-0.2, 0) is 22.4 Å². The van der Waals surface area contributed by atoms with Crippen LogP contribution in [0.1, 0.15) is 112 Å². The summed E-state index contributed by atoms with van der Waals surface area (Å²) in [5.41, 5.74) is 2.53. The molecule has 0 saturated heterocycles. The van der Waals surface area contributed by atoms with Gasteiger partial charge in [-0.1, -0.05) is 37.8 Å². The van der Waals surface area contributed by atoms with Crippen molar-refractivity contribution in [3.8, 4) is 36.2 Å². The van der Waals surface area contributed by atoms with Gasteiger partial charge in [0.1, 0.15) is 22.7 Å². The summed E-state index contributed by atoms with van der Waals surface area (Å²) < 4.78 is 11.2. The standard InChI is InChI=1S/C44H48O6/c1-5-43(47)23-19-37-35-11-7-27-25-29(9-13-31(27)33(35)17-21-41(37,43)3)49-39(45)15-16-40(46)50-30-10-14-32-28(26-30)8-12-36-34(32)18-22-42(4)38(36)20-24-44(42,48)6-2/h1-2,9-10,13-16,25-26,33-38,47-48H,7-8,11-12,17-24H2,3-4H3/b16-15-/t33-,34-,35-,36-,37+,38+,41+,42+,43+,44+/m1/s1. The first-order valence-corrected chi connectivity index (χ1v) is 18.7. The molecule has 0 amide bonds. The first-order valence-electron chi connectivity index (χ1n) is 18.7. The van der Waals surface area contributed by atoms with Crippen LogP contribution in [0.15, 0.2) is 48.6 Å². The summed E-state index contributed by atoms with van der Waals surface area (Å²) in [7, 11) is 0. The summed E-state index contributed by atoms with van der Waals surface area (Å²) in [4.78, 5) is 25.4. The number of terminal acetylenes is 2. The zero-order valence-electron chi connectivity index (χ0n) is 29.3. The Labute approximate surface area is 296 Å². The van der Waals surface area contributed by atoms with Gasteiger partial charge in [-0.2, -0.15) is 0 Å². The van der Waals surface area contributed by atoms with Crippen LogP contribution in [0.5, 0.6) is 11.5 Å². The van der Waals surface area contributed by atoms with Gasteiger partial charge >= 0.3 is 11.9 Å². The second kappa shape index (κ2) is 11.9. The van der Waals surface area contributed by atoms with Gasteiger partial charge in [0, 0.05) is 23.0 Å². The number of carbonyl (C=O) groups is 2. The van der Waals surface area contributed by atoms with Crippen molar-refractivity contribution in [2.45, 2.75) is 114 Å². The van der Waals surface area contributed by atoms with Gasteiger partial charge in [0.05, 0.1) is 0 Å². The number of hydrogen-bond donors (Lipinski definition) is 2. The molecule has 2 aromatic carbocycles. The summed E-state index contributed by atoms with van der Waals surface area (Å²) >= 11 is 0. The van der Waals surface area contributed by atoms with E-state index in [0.29, 0.717) is 59.8 Å². The molecule has 6 nitrogen and oxygen atoms in total. The molecule has 0 unspecified atom stereocenters. The highest BCUT2D eigenvalue weighted by molar-refractivity contribution is 5.93. The van der Waals surface area contributed by atoms with E-state index < -0.39 is 23.1 Å². The van der Waals surface area contributed by atoms with Gasteiger partial charge in [0.2, 0.25) is 0 Å². The number of fused-ring (bicyclic) bond motifs is 10. The lowest BCUT2D eigenvalue weighted by atomic mass is 9.53. The van der Waals surface area contributed by atoms with Crippen molar-refractivity contribution in [3.63, 3.8) is 0 Å². The van der Waals surface area contributed by atoms with Crippen molar-refractivity contribution in [1.82, 2.24) is 0 Å². The molecule has 2 N–H and O–H groups in total. The van der Waals surface area contributed by atoms with E-state index in [2.05, 4.69) is 37.8 Å². The number of benzene rings is 2. The Kier molecular flexibility index (Phi) is 7.90. The molecule has 4 fully saturated rings. The van der Waals surface area contributed by atoms with Gasteiger partial charge in [-0.05, 0) is 159 Å². The average Bonchev–Trinajstić information content (AvgIpc) is 3.55. The minimum atomic E-state index is -1.01. The van der Waals surface area contributed by atoms with Gasteiger partial charge in [0.25, 0.3) is 0 Å². The van der Waals surface area contributed by atoms with E-state index in [-0.39, 0.29) is 10.8 Å². The molecular formula is C44H48O6. The molecule has 0 aromatic heterocycles. The van der Waals surface area contributed by atoms with Crippen molar-refractivity contribution in [2.24, 2.45) is 34.5 Å². The summed E-state index contributed by atoms with van der Waals surface area (Å²) in [6.07, 6.45) is 24.8. The maximum atomic E-state index is 12.7. The second-order valence-electron chi connectivity index (χ2n) is 16.7. The molecule has 6 heteroatoms.